The zero-order valence-corrected chi connectivity index (χ0v) is 88.3. The minimum Gasteiger partial charge on any atom is -0.456 e. The van der Waals surface area contributed by atoms with Crippen LogP contribution in [0.15, 0.2) is 311 Å². The molecule has 6 aliphatic rings. The Morgan fingerprint density at radius 1 is 0.192 bits per heavy atom. The number of benzene rings is 16. The zero-order valence-electron chi connectivity index (χ0n) is 88.3. The molecule has 0 radical (unpaired) electrons. The van der Waals surface area contributed by atoms with E-state index in [4.69, 9.17) is 13.3 Å². The summed E-state index contributed by atoms with van der Waals surface area (Å²) in [6, 6.07) is 116. The molecule has 0 saturated carbocycles. The number of fused-ring (bicyclic) bond motifs is 29. The molecule has 0 aliphatic heterocycles. The van der Waals surface area contributed by atoms with Crippen molar-refractivity contribution in [2.45, 2.75) is 295 Å². The molecule has 25 rings (SSSR count). The molecule has 16 aromatic carbocycles. The van der Waals surface area contributed by atoms with Crippen LogP contribution in [0.3, 0.4) is 0 Å². The lowest BCUT2D eigenvalue weighted by atomic mass is 9.70. The van der Waals surface area contributed by atoms with Crippen LogP contribution in [0.25, 0.3) is 177 Å². The molecule has 3 heterocycles. The van der Waals surface area contributed by atoms with Gasteiger partial charge >= 0.3 is 0 Å². The molecular formula is C142H141NO3. The van der Waals surface area contributed by atoms with Gasteiger partial charge in [-0.2, -0.15) is 0 Å². The Kier molecular flexibility index (Phi) is 23.7. The van der Waals surface area contributed by atoms with Crippen molar-refractivity contribution < 1.29 is 13.3 Å². The summed E-state index contributed by atoms with van der Waals surface area (Å²) in [6.07, 6.45) is 36.3. The highest BCUT2D eigenvalue weighted by Gasteiger charge is 2.48. The molecule has 732 valence electrons. The molecule has 19 aromatic rings. The quantitative estimate of drug-likeness (QED) is 0.0371. The number of furan rings is 3. The molecule has 0 spiro atoms. The fraction of sp³-hybridized carbons (Fsp3) is 0.324. The Hall–Kier alpha value is -13.3. The molecule has 4 heteroatoms. The van der Waals surface area contributed by atoms with Gasteiger partial charge in [0, 0.05) is 93.0 Å². The monoisotopic (exact) mass is 1910 g/mol. The van der Waals surface area contributed by atoms with E-state index in [2.05, 4.69) is 385 Å². The van der Waals surface area contributed by atoms with Crippen molar-refractivity contribution in [1.82, 2.24) is 0 Å². The van der Waals surface area contributed by atoms with Gasteiger partial charge in [-0.15, -0.1) is 0 Å². The molecule has 0 bridgehead atoms. The van der Waals surface area contributed by atoms with Gasteiger partial charge < -0.3 is 18.2 Å². The van der Waals surface area contributed by atoms with E-state index in [0.29, 0.717) is 0 Å². The average Bonchev–Trinajstić information content (AvgIpc) is 1.54. The fourth-order valence-corrected chi connectivity index (χ4v) is 28.8. The van der Waals surface area contributed by atoms with Crippen molar-refractivity contribution in [3.8, 4) is 111 Å². The normalized spacial score (nSPS) is 15.3. The highest BCUT2D eigenvalue weighted by atomic mass is 16.3. The summed E-state index contributed by atoms with van der Waals surface area (Å²) in [5, 5.41) is 6.81. The summed E-state index contributed by atoms with van der Waals surface area (Å²) in [6.45, 7) is 29.1. The Labute approximate surface area is 865 Å². The number of nitrogens with zero attached hydrogens (tertiary/aromatic N) is 1. The summed E-state index contributed by atoms with van der Waals surface area (Å²) in [5.41, 5.74) is 50.0. The largest absolute Gasteiger partial charge is 0.456 e. The maximum Gasteiger partial charge on any atom is 0.143 e. The summed E-state index contributed by atoms with van der Waals surface area (Å²) in [5.74, 6) is 0. The SMILES string of the molecule is CCCCCCCCC1(CCCCCCCC)c2ccccc2-c2ccc(-c3ccc4c(c3)C(C)(C)c3cc(-c5cc6c(c7c5oc5ccccc57)-c5ccc(N(c7ccc8c(c7)C(C)(C)c7cc(-c9ccc%10c(c9)C(C)(C)c9cc(-c%11ccc%12c(c%11)C(CCCCCCCC)(CCCCCCCC)c%11ccccc%11-%12)ccc9-%10)c9oc%10ccccc%10c9c7-8)c7ccc8oc9ccccc9c8c7)cc5C6(C)C)ccc3-4)cc21. The van der Waals surface area contributed by atoms with Crippen LogP contribution >= 0.6 is 0 Å². The van der Waals surface area contributed by atoms with Crippen molar-refractivity contribution in [1.29, 1.82) is 0 Å². The van der Waals surface area contributed by atoms with E-state index in [1.165, 1.54) is 335 Å². The minimum atomic E-state index is -0.450. The van der Waals surface area contributed by atoms with Crippen molar-refractivity contribution >= 4 is 82.9 Å². The predicted octanol–water partition coefficient (Wildman–Crippen LogP) is 42.3. The Bertz CT molecular complexity index is 7940. The van der Waals surface area contributed by atoms with Gasteiger partial charge in [0.1, 0.15) is 33.5 Å². The van der Waals surface area contributed by atoms with E-state index < -0.39 is 10.8 Å². The Balaban J connectivity index is 0.554. The number of hydrogen-bond donors (Lipinski definition) is 0. The zero-order chi connectivity index (χ0) is 99.3. The maximum absolute atomic E-state index is 7.35. The molecule has 0 saturated heterocycles. The highest BCUT2D eigenvalue weighted by Crippen LogP contribution is 2.64. The third-order valence-electron chi connectivity index (χ3n) is 36.7. The number of hydrogen-bond acceptors (Lipinski definition) is 4. The smallest absolute Gasteiger partial charge is 0.143 e. The van der Waals surface area contributed by atoms with Gasteiger partial charge in [0.05, 0.1) is 0 Å². The summed E-state index contributed by atoms with van der Waals surface area (Å²) < 4.78 is 21.4. The number of para-hydroxylation sites is 3. The minimum absolute atomic E-state index is 0.0111. The molecule has 0 amide bonds. The van der Waals surface area contributed by atoms with Gasteiger partial charge in [-0.25, -0.2) is 0 Å². The third-order valence-corrected chi connectivity index (χ3v) is 36.7. The third kappa shape index (κ3) is 15.0. The van der Waals surface area contributed by atoms with Gasteiger partial charge in [0.15, 0.2) is 0 Å². The van der Waals surface area contributed by atoms with Crippen molar-refractivity contribution in [3.05, 3.63) is 364 Å². The van der Waals surface area contributed by atoms with Crippen LogP contribution < -0.4 is 4.90 Å². The average molecular weight is 1910 g/mol. The first-order valence-corrected chi connectivity index (χ1v) is 56.3. The number of anilines is 3. The van der Waals surface area contributed by atoms with Crippen LogP contribution in [0.2, 0.25) is 0 Å². The molecule has 0 unspecified atom stereocenters. The van der Waals surface area contributed by atoms with Crippen LogP contribution in [0.1, 0.15) is 330 Å². The maximum atomic E-state index is 7.35. The lowest BCUT2D eigenvalue weighted by molar-refractivity contribution is 0.398. The van der Waals surface area contributed by atoms with Gasteiger partial charge in [0.25, 0.3) is 0 Å². The van der Waals surface area contributed by atoms with E-state index in [1.54, 1.807) is 22.3 Å². The molecule has 4 nitrogen and oxygen atoms in total. The van der Waals surface area contributed by atoms with Crippen LogP contribution in [0, 0.1) is 0 Å². The van der Waals surface area contributed by atoms with E-state index in [1.807, 2.05) is 0 Å². The molecule has 146 heavy (non-hydrogen) atoms. The lowest BCUT2D eigenvalue weighted by Crippen LogP contribution is -2.25. The fourth-order valence-electron chi connectivity index (χ4n) is 28.8. The second-order valence-electron chi connectivity index (χ2n) is 46.8. The predicted molar refractivity (Wildman–Crippen MR) is 619 cm³/mol. The summed E-state index contributed by atoms with van der Waals surface area (Å²) >= 11 is 0. The molecule has 0 atom stereocenters. The molecule has 3 aromatic heterocycles. The van der Waals surface area contributed by atoms with Gasteiger partial charge in [-0.3, -0.25) is 0 Å². The number of rotatable bonds is 35. The van der Waals surface area contributed by atoms with Crippen LogP contribution in [-0.4, -0.2) is 0 Å². The van der Waals surface area contributed by atoms with Gasteiger partial charge in [-0.1, -0.05) is 425 Å². The topological polar surface area (TPSA) is 42.7 Å². The first-order chi connectivity index (χ1) is 71.2. The Morgan fingerprint density at radius 3 is 0.856 bits per heavy atom. The highest BCUT2D eigenvalue weighted by molar-refractivity contribution is 6.21. The second-order valence-corrected chi connectivity index (χ2v) is 46.8. The molecule has 0 fully saturated rings. The van der Waals surface area contributed by atoms with E-state index in [0.717, 1.165) is 83.2 Å². The van der Waals surface area contributed by atoms with Crippen LogP contribution in [-0.2, 0) is 32.5 Å². The van der Waals surface area contributed by atoms with Gasteiger partial charge in [0.2, 0.25) is 0 Å². The first kappa shape index (κ1) is 93.8. The van der Waals surface area contributed by atoms with E-state index >= 15 is 0 Å². The van der Waals surface area contributed by atoms with Crippen LogP contribution in [0.5, 0.6) is 0 Å². The van der Waals surface area contributed by atoms with Crippen molar-refractivity contribution in [3.63, 3.8) is 0 Å². The van der Waals surface area contributed by atoms with Crippen molar-refractivity contribution in [2.24, 2.45) is 0 Å². The molecule has 6 aliphatic carbocycles. The molecular weight excluding hydrogens is 1770 g/mol. The first-order valence-electron chi connectivity index (χ1n) is 56.3. The summed E-state index contributed by atoms with van der Waals surface area (Å²) in [7, 11) is 0. The molecule has 0 N–H and O–H groups in total. The van der Waals surface area contributed by atoms with E-state index in [9.17, 15) is 0 Å². The van der Waals surface area contributed by atoms with Crippen LogP contribution in [0.4, 0.5) is 17.1 Å². The Morgan fingerprint density at radius 2 is 0.466 bits per heavy atom. The van der Waals surface area contributed by atoms with E-state index in [-0.39, 0.29) is 21.7 Å². The summed E-state index contributed by atoms with van der Waals surface area (Å²) in [4.78, 5) is 2.53. The second kappa shape index (κ2) is 37.0. The lowest BCUT2D eigenvalue weighted by Gasteiger charge is -2.33. The van der Waals surface area contributed by atoms with Gasteiger partial charge in [-0.05, 0) is 302 Å². The number of unbranched alkanes of at least 4 members (excludes halogenated alkanes) is 20. The van der Waals surface area contributed by atoms with Crippen molar-refractivity contribution in [2.75, 3.05) is 4.90 Å². The standard InChI is InChI=1S/C142H141NO3/c1-13-17-21-25-29-43-75-141(76-44-30-26-22-18-14-2)115-52-38-33-47-99(115)105-68-59-92(81-123(105)141)90-57-66-101-103-70-61-94(83-119(103)137(5,6)117(101)79-90)112-88-125-131(133-110-50-36-41-55-128(110)145-135(112)133)108-72-63-97(86-121(108)139(125,9)10)143(96-65-74-130-114(85-96)107-49-35-40-54-127(107)144-130)98-64-73-109-122(87-98)140(11,12)126-89-113(136-134(132(109)126)111-51-37-42-56-129(111)146-136)95-62-71-104-102-67-58-91(80-118(102)138(7,8)120(104)84-95)93-60-69-106-100-48-34-39-53-116(100)142(124(106)82-93,77-45-31-27-23-19-15-3)78-46-32-28-24-20-16-4/h33-42,47-74,79-89H,13-32,43-46,75-78H2,1-12H3.